The van der Waals surface area contributed by atoms with Crippen LogP contribution in [0, 0.1) is 11.8 Å². The Balaban J connectivity index is 2.11. The Hall–Kier alpha value is -1.26. The molecule has 6 heteroatoms. The lowest BCUT2D eigenvalue weighted by Gasteiger charge is -2.31. The SMILES string of the molecule is O=C([O-])[C@H]1CCCC[C@@H]1C(=O)Nc1cc(Cl)cc(Cl)c1. The summed E-state index contributed by atoms with van der Waals surface area (Å²) in [6.45, 7) is 0. The van der Waals surface area contributed by atoms with Crippen LogP contribution < -0.4 is 10.4 Å². The Morgan fingerprint density at radius 1 is 1.05 bits per heavy atom. The summed E-state index contributed by atoms with van der Waals surface area (Å²) in [6, 6.07) is 4.70. The molecule has 2 rings (SSSR count). The second-order valence-electron chi connectivity index (χ2n) is 4.96. The van der Waals surface area contributed by atoms with Gasteiger partial charge in [-0.05, 0) is 31.0 Å². The summed E-state index contributed by atoms with van der Waals surface area (Å²) in [5, 5.41) is 14.6. The van der Waals surface area contributed by atoms with Crippen molar-refractivity contribution in [3.05, 3.63) is 28.2 Å². The highest BCUT2D eigenvalue weighted by Gasteiger charge is 2.31. The molecular weight excluding hydrogens is 301 g/mol. The molecule has 108 valence electrons. The van der Waals surface area contributed by atoms with Gasteiger partial charge in [-0.1, -0.05) is 36.0 Å². The van der Waals surface area contributed by atoms with Crippen LogP contribution >= 0.6 is 23.2 Å². The second-order valence-corrected chi connectivity index (χ2v) is 5.84. The highest BCUT2D eigenvalue weighted by Crippen LogP contribution is 2.31. The van der Waals surface area contributed by atoms with Gasteiger partial charge in [0.2, 0.25) is 5.91 Å². The van der Waals surface area contributed by atoms with Crippen molar-refractivity contribution in [1.82, 2.24) is 0 Å². The smallest absolute Gasteiger partial charge is 0.228 e. The molecule has 1 aliphatic rings. The molecule has 1 aromatic carbocycles. The molecule has 1 amide bonds. The first-order valence-electron chi connectivity index (χ1n) is 6.45. The van der Waals surface area contributed by atoms with E-state index in [0.717, 1.165) is 12.8 Å². The van der Waals surface area contributed by atoms with Crippen molar-refractivity contribution in [1.29, 1.82) is 0 Å². The Labute approximate surface area is 127 Å². The minimum Gasteiger partial charge on any atom is -0.550 e. The van der Waals surface area contributed by atoms with Gasteiger partial charge in [0.1, 0.15) is 0 Å². The molecule has 1 aliphatic carbocycles. The third-order valence-electron chi connectivity index (χ3n) is 3.54. The lowest BCUT2D eigenvalue weighted by Crippen LogP contribution is -2.42. The number of benzene rings is 1. The molecule has 0 aliphatic heterocycles. The van der Waals surface area contributed by atoms with Gasteiger partial charge in [0, 0.05) is 33.5 Å². The topological polar surface area (TPSA) is 69.2 Å². The molecule has 2 atom stereocenters. The molecular formula is C14H14Cl2NO3-. The van der Waals surface area contributed by atoms with Gasteiger partial charge in [0.15, 0.2) is 0 Å². The maximum atomic E-state index is 12.2. The third kappa shape index (κ3) is 3.64. The van der Waals surface area contributed by atoms with Crippen LogP contribution in [0.3, 0.4) is 0 Å². The van der Waals surface area contributed by atoms with Crippen molar-refractivity contribution in [3.8, 4) is 0 Å². The summed E-state index contributed by atoms with van der Waals surface area (Å²) in [5.41, 5.74) is 0.468. The standard InChI is InChI=1S/C14H15Cl2NO3/c15-8-5-9(16)7-10(6-8)17-13(18)11-3-1-2-4-12(11)14(19)20/h5-7,11-12H,1-4H2,(H,17,18)(H,19,20)/p-1/t11-,12-/m0/s1. The number of rotatable bonds is 3. The van der Waals surface area contributed by atoms with E-state index in [-0.39, 0.29) is 5.91 Å². The molecule has 1 N–H and O–H groups in total. The number of aliphatic carboxylic acids is 1. The maximum absolute atomic E-state index is 12.2. The van der Waals surface area contributed by atoms with Gasteiger partial charge in [-0.15, -0.1) is 0 Å². The van der Waals surface area contributed by atoms with Crippen molar-refractivity contribution in [3.63, 3.8) is 0 Å². The van der Waals surface area contributed by atoms with E-state index >= 15 is 0 Å². The molecule has 20 heavy (non-hydrogen) atoms. The van der Waals surface area contributed by atoms with Crippen LogP contribution in [0.5, 0.6) is 0 Å². The van der Waals surface area contributed by atoms with Crippen LogP contribution in [-0.2, 0) is 9.59 Å². The first kappa shape index (κ1) is 15.1. The Morgan fingerprint density at radius 2 is 1.60 bits per heavy atom. The van der Waals surface area contributed by atoms with E-state index in [2.05, 4.69) is 5.32 Å². The van der Waals surface area contributed by atoms with Gasteiger partial charge < -0.3 is 15.2 Å². The highest BCUT2D eigenvalue weighted by molar-refractivity contribution is 6.35. The van der Waals surface area contributed by atoms with Crippen molar-refractivity contribution in [2.75, 3.05) is 5.32 Å². The summed E-state index contributed by atoms with van der Waals surface area (Å²) in [7, 11) is 0. The zero-order valence-electron chi connectivity index (χ0n) is 10.7. The van der Waals surface area contributed by atoms with Crippen molar-refractivity contribution >= 4 is 40.8 Å². The largest absolute Gasteiger partial charge is 0.550 e. The van der Waals surface area contributed by atoms with E-state index < -0.39 is 17.8 Å². The average molecular weight is 315 g/mol. The molecule has 0 bridgehead atoms. The summed E-state index contributed by atoms with van der Waals surface area (Å²) in [6.07, 6.45) is 2.69. The Bertz CT molecular complexity index is 513. The fourth-order valence-corrected chi connectivity index (χ4v) is 3.11. The number of halogens is 2. The molecule has 0 saturated heterocycles. The van der Waals surface area contributed by atoms with Crippen LogP contribution in [0.1, 0.15) is 25.7 Å². The fraction of sp³-hybridized carbons (Fsp3) is 0.429. The molecule has 1 saturated carbocycles. The number of hydrogen-bond donors (Lipinski definition) is 1. The maximum Gasteiger partial charge on any atom is 0.228 e. The monoisotopic (exact) mass is 314 g/mol. The molecule has 4 nitrogen and oxygen atoms in total. The molecule has 0 radical (unpaired) electrons. The van der Waals surface area contributed by atoms with Crippen LogP contribution in [0.25, 0.3) is 0 Å². The predicted octanol–water partition coefficient (Wildman–Crippen LogP) is 2.49. The van der Waals surface area contributed by atoms with Crippen molar-refractivity contribution in [2.45, 2.75) is 25.7 Å². The first-order chi connectivity index (χ1) is 9.47. The number of carbonyl (C=O) groups is 2. The number of carboxylic acid groups (broad SMARTS) is 1. The molecule has 1 aromatic rings. The van der Waals surface area contributed by atoms with Crippen LogP contribution in [0.15, 0.2) is 18.2 Å². The van der Waals surface area contributed by atoms with Gasteiger partial charge in [-0.2, -0.15) is 0 Å². The van der Waals surface area contributed by atoms with Crippen LogP contribution in [0.4, 0.5) is 5.69 Å². The van der Waals surface area contributed by atoms with E-state index in [1.54, 1.807) is 18.2 Å². The van der Waals surface area contributed by atoms with E-state index in [1.807, 2.05) is 0 Å². The second kappa shape index (κ2) is 6.46. The summed E-state index contributed by atoms with van der Waals surface area (Å²) < 4.78 is 0. The molecule has 0 heterocycles. The Kier molecular flexibility index (Phi) is 4.89. The number of anilines is 1. The van der Waals surface area contributed by atoms with E-state index in [0.29, 0.717) is 28.6 Å². The van der Waals surface area contributed by atoms with Crippen LogP contribution in [-0.4, -0.2) is 11.9 Å². The van der Waals surface area contributed by atoms with Crippen molar-refractivity contribution in [2.24, 2.45) is 11.8 Å². The first-order valence-corrected chi connectivity index (χ1v) is 7.21. The van der Waals surface area contributed by atoms with Gasteiger partial charge in [0.05, 0.1) is 0 Å². The zero-order chi connectivity index (χ0) is 14.7. The minimum atomic E-state index is -1.16. The minimum absolute atomic E-state index is 0.322. The van der Waals surface area contributed by atoms with Gasteiger partial charge in [-0.3, -0.25) is 4.79 Å². The quantitative estimate of drug-likeness (QED) is 0.931. The number of hydrogen-bond acceptors (Lipinski definition) is 3. The molecule has 0 spiro atoms. The van der Waals surface area contributed by atoms with E-state index in [9.17, 15) is 14.7 Å². The number of carbonyl (C=O) groups excluding carboxylic acids is 2. The summed E-state index contributed by atoms with van der Waals surface area (Å²) in [4.78, 5) is 23.3. The Morgan fingerprint density at radius 3 is 2.15 bits per heavy atom. The summed E-state index contributed by atoms with van der Waals surface area (Å²) >= 11 is 11.7. The number of amides is 1. The van der Waals surface area contributed by atoms with Gasteiger partial charge >= 0.3 is 0 Å². The van der Waals surface area contributed by atoms with Crippen molar-refractivity contribution < 1.29 is 14.7 Å². The summed E-state index contributed by atoms with van der Waals surface area (Å²) in [5.74, 6) is -2.77. The van der Waals surface area contributed by atoms with E-state index in [1.165, 1.54) is 0 Å². The molecule has 1 fully saturated rings. The predicted molar refractivity (Wildman–Crippen MR) is 75.5 cm³/mol. The lowest BCUT2D eigenvalue weighted by atomic mass is 9.78. The van der Waals surface area contributed by atoms with Gasteiger partial charge in [-0.25, -0.2) is 0 Å². The number of nitrogens with one attached hydrogen (secondary N) is 1. The zero-order valence-corrected chi connectivity index (χ0v) is 12.2. The molecule has 0 aromatic heterocycles. The number of carboxylic acids is 1. The lowest BCUT2D eigenvalue weighted by molar-refractivity contribution is -0.313. The highest BCUT2D eigenvalue weighted by atomic mass is 35.5. The molecule has 0 unspecified atom stereocenters. The third-order valence-corrected chi connectivity index (χ3v) is 3.97. The van der Waals surface area contributed by atoms with Crippen LogP contribution in [0.2, 0.25) is 10.0 Å². The van der Waals surface area contributed by atoms with E-state index in [4.69, 9.17) is 23.2 Å². The fourth-order valence-electron chi connectivity index (χ4n) is 2.59. The van der Waals surface area contributed by atoms with Gasteiger partial charge in [0.25, 0.3) is 0 Å². The average Bonchev–Trinajstić information content (AvgIpc) is 2.37. The normalized spacial score (nSPS) is 22.3.